The number of nitrogens with zero attached hydrogens (tertiary/aromatic N) is 3. The molecule has 1 amide bonds. The van der Waals surface area contributed by atoms with Crippen molar-refractivity contribution in [3.05, 3.63) is 48.3 Å². The quantitative estimate of drug-likeness (QED) is 0.398. The van der Waals surface area contributed by atoms with Crippen molar-refractivity contribution >= 4 is 45.3 Å². The van der Waals surface area contributed by atoms with Gasteiger partial charge in [0.15, 0.2) is 0 Å². The molecule has 0 saturated heterocycles. The first-order chi connectivity index (χ1) is 14.6. The number of benzene rings is 2. The smallest absolute Gasteiger partial charge is 0.237 e. The summed E-state index contributed by atoms with van der Waals surface area (Å²) < 4.78 is 11.0. The van der Waals surface area contributed by atoms with Crippen LogP contribution >= 0.6 is 11.8 Å². The van der Waals surface area contributed by atoms with E-state index in [1.54, 1.807) is 12.0 Å². The van der Waals surface area contributed by atoms with Gasteiger partial charge in [0.2, 0.25) is 5.91 Å². The lowest BCUT2D eigenvalue weighted by Gasteiger charge is -2.29. The molecule has 0 unspecified atom stereocenters. The van der Waals surface area contributed by atoms with Crippen molar-refractivity contribution in [2.24, 2.45) is 0 Å². The second kappa shape index (κ2) is 7.53. The van der Waals surface area contributed by atoms with Crippen LogP contribution in [-0.2, 0) is 4.79 Å². The largest absolute Gasteiger partial charge is 0.497 e. The van der Waals surface area contributed by atoms with Crippen molar-refractivity contribution in [1.82, 2.24) is 15.0 Å². The number of ether oxygens (including phenoxy) is 2. The molecule has 0 saturated carbocycles. The number of carbonyl (C=O) groups excluding carboxylic acids is 1. The average Bonchev–Trinajstić information content (AvgIpc) is 3.15. The first-order valence-electron chi connectivity index (χ1n) is 9.61. The Morgan fingerprint density at radius 2 is 2.17 bits per heavy atom. The van der Waals surface area contributed by atoms with E-state index in [4.69, 9.17) is 9.47 Å². The third-order valence-corrected chi connectivity index (χ3v) is 6.14. The van der Waals surface area contributed by atoms with Gasteiger partial charge in [0.25, 0.3) is 0 Å². The summed E-state index contributed by atoms with van der Waals surface area (Å²) in [7, 11) is 1.64. The predicted octanol–water partition coefficient (Wildman–Crippen LogP) is 3.95. The lowest BCUT2D eigenvalue weighted by Crippen LogP contribution is -2.39. The van der Waals surface area contributed by atoms with Crippen LogP contribution in [0.5, 0.6) is 11.5 Å². The summed E-state index contributed by atoms with van der Waals surface area (Å²) in [6, 6.07) is 11.7. The molecule has 30 heavy (non-hydrogen) atoms. The normalized spacial score (nSPS) is 13.3. The Balaban J connectivity index is 1.42. The third-order valence-electron chi connectivity index (χ3n) is 5.17. The number of carbonyl (C=O) groups is 1. The van der Waals surface area contributed by atoms with Gasteiger partial charge in [-0.05, 0) is 42.8 Å². The first kappa shape index (κ1) is 18.7. The van der Waals surface area contributed by atoms with Crippen molar-refractivity contribution < 1.29 is 14.3 Å². The minimum Gasteiger partial charge on any atom is -0.497 e. The second-order valence-corrected chi connectivity index (χ2v) is 8.06. The Bertz CT molecular complexity index is 1270. The molecule has 152 valence electrons. The van der Waals surface area contributed by atoms with Crippen LogP contribution < -0.4 is 14.4 Å². The van der Waals surface area contributed by atoms with Crippen molar-refractivity contribution in [3.8, 4) is 11.5 Å². The highest BCUT2D eigenvalue weighted by Crippen LogP contribution is 2.34. The lowest BCUT2D eigenvalue weighted by molar-refractivity contribution is -0.116. The average molecular weight is 420 g/mol. The van der Waals surface area contributed by atoms with Crippen molar-refractivity contribution in [1.29, 1.82) is 0 Å². The molecule has 0 fully saturated rings. The topological polar surface area (TPSA) is 80.3 Å². The number of aromatic nitrogens is 3. The van der Waals surface area contributed by atoms with Gasteiger partial charge in [-0.2, -0.15) is 0 Å². The number of rotatable bonds is 4. The number of aromatic amines is 1. The molecule has 2 aromatic carbocycles. The molecule has 0 bridgehead atoms. The molecule has 8 heteroatoms. The minimum absolute atomic E-state index is 0.0275. The second-order valence-electron chi connectivity index (χ2n) is 7.09. The maximum absolute atomic E-state index is 13.0. The fraction of sp³-hybridized carbons (Fsp3) is 0.227. The van der Waals surface area contributed by atoms with E-state index in [1.165, 1.54) is 18.1 Å². The van der Waals surface area contributed by atoms with Crippen molar-refractivity contribution in [3.63, 3.8) is 0 Å². The van der Waals surface area contributed by atoms with Crippen molar-refractivity contribution in [2.45, 2.75) is 11.9 Å². The summed E-state index contributed by atoms with van der Waals surface area (Å²) in [6.07, 6.45) is 1.54. The zero-order valence-corrected chi connectivity index (χ0v) is 17.5. The molecule has 3 heterocycles. The van der Waals surface area contributed by atoms with Gasteiger partial charge in [0, 0.05) is 10.9 Å². The van der Waals surface area contributed by atoms with Crippen LogP contribution in [0.15, 0.2) is 47.8 Å². The molecule has 0 spiro atoms. The van der Waals surface area contributed by atoms with Crippen LogP contribution in [0.25, 0.3) is 21.9 Å². The first-order valence-corrected chi connectivity index (χ1v) is 10.6. The summed E-state index contributed by atoms with van der Waals surface area (Å²) in [5.41, 5.74) is 4.53. The van der Waals surface area contributed by atoms with E-state index in [-0.39, 0.29) is 11.7 Å². The number of thioether (sulfide) groups is 1. The van der Waals surface area contributed by atoms with Crippen LogP contribution in [0.1, 0.15) is 5.56 Å². The molecule has 1 aliphatic heterocycles. The monoisotopic (exact) mass is 420 g/mol. The minimum atomic E-state index is 0.0275. The number of anilines is 1. The standard InChI is InChI=1S/C22H20N4O3S/c1-13-3-6-18-17(9-13)26(7-8-29-18)19(27)11-30-22-21-20(23-12-24-22)15-10-14(28-2)4-5-16(15)25-21/h3-6,9-10,12,25H,7-8,11H2,1-2H3. The lowest BCUT2D eigenvalue weighted by atomic mass is 10.1. The van der Waals surface area contributed by atoms with E-state index < -0.39 is 0 Å². The van der Waals surface area contributed by atoms with Crippen LogP contribution in [-0.4, -0.2) is 46.9 Å². The van der Waals surface area contributed by atoms with E-state index in [9.17, 15) is 4.79 Å². The zero-order chi connectivity index (χ0) is 20.7. The maximum Gasteiger partial charge on any atom is 0.237 e. The summed E-state index contributed by atoms with van der Waals surface area (Å²) in [5, 5.41) is 1.72. The summed E-state index contributed by atoms with van der Waals surface area (Å²) >= 11 is 1.41. The SMILES string of the molecule is COc1ccc2[nH]c3c(SCC(=O)N4CCOc5ccc(C)cc54)ncnc3c2c1. The number of fused-ring (bicyclic) bond motifs is 4. The zero-order valence-electron chi connectivity index (χ0n) is 16.6. The molecule has 0 aliphatic carbocycles. The van der Waals surface area contributed by atoms with Gasteiger partial charge in [-0.1, -0.05) is 17.8 Å². The highest BCUT2D eigenvalue weighted by Gasteiger charge is 2.24. The Labute approximate surface area is 177 Å². The van der Waals surface area contributed by atoms with Gasteiger partial charge in [-0.15, -0.1) is 0 Å². The molecular weight excluding hydrogens is 400 g/mol. The summed E-state index contributed by atoms with van der Waals surface area (Å²) in [4.78, 5) is 27.0. The predicted molar refractivity (Wildman–Crippen MR) is 118 cm³/mol. The number of amides is 1. The van der Waals surface area contributed by atoms with E-state index in [2.05, 4.69) is 15.0 Å². The summed E-state index contributed by atoms with van der Waals surface area (Å²) in [5.74, 6) is 1.82. The van der Waals surface area contributed by atoms with Crippen molar-refractivity contribution in [2.75, 3.05) is 30.9 Å². The highest BCUT2D eigenvalue weighted by atomic mass is 32.2. The molecular formula is C22H20N4O3S. The highest BCUT2D eigenvalue weighted by molar-refractivity contribution is 8.00. The van der Waals surface area contributed by atoms with Crippen LogP contribution in [0, 0.1) is 6.92 Å². The molecule has 1 N–H and O–H groups in total. The maximum atomic E-state index is 13.0. The number of aryl methyl sites for hydroxylation is 1. The fourth-order valence-corrected chi connectivity index (χ4v) is 4.51. The number of nitrogens with one attached hydrogen (secondary N) is 1. The van der Waals surface area contributed by atoms with E-state index in [0.717, 1.165) is 49.7 Å². The van der Waals surface area contributed by atoms with Gasteiger partial charge >= 0.3 is 0 Å². The van der Waals surface area contributed by atoms with E-state index in [0.29, 0.717) is 13.2 Å². The molecule has 5 rings (SSSR count). The van der Waals surface area contributed by atoms with Gasteiger partial charge in [-0.25, -0.2) is 9.97 Å². The molecule has 2 aromatic heterocycles. The van der Waals surface area contributed by atoms with E-state index in [1.807, 2.05) is 43.3 Å². The number of hydrogen-bond donors (Lipinski definition) is 1. The molecule has 0 radical (unpaired) electrons. The number of methoxy groups -OCH3 is 1. The Morgan fingerprint density at radius 1 is 1.27 bits per heavy atom. The van der Waals surface area contributed by atoms with E-state index >= 15 is 0 Å². The Kier molecular flexibility index (Phi) is 4.71. The fourth-order valence-electron chi connectivity index (χ4n) is 3.68. The van der Waals surface area contributed by atoms with Gasteiger partial charge in [-0.3, -0.25) is 4.79 Å². The van der Waals surface area contributed by atoms with Crippen LogP contribution in [0.3, 0.4) is 0 Å². The van der Waals surface area contributed by atoms with Crippen LogP contribution in [0.2, 0.25) is 0 Å². The third kappa shape index (κ3) is 3.23. The van der Waals surface area contributed by atoms with Gasteiger partial charge in [0.1, 0.15) is 35.0 Å². The molecule has 4 aromatic rings. The van der Waals surface area contributed by atoms with Crippen LogP contribution in [0.4, 0.5) is 5.69 Å². The van der Waals surface area contributed by atoms with Gasteiger partial charge < -0.3 is 19.4 Å². The Hall–Kier alpha value is -3.26. The Morgan fingerprint density at radius 3 is 3.03 bits per heavy atom. The van der Waals surface area contributed by atoms with Gasteiger partial charge in [0.05, 0.1) is 30.6 Å². The molecule has 0 atom stereocenters. The number of hydrogen-bond acceptors (Lipinski definition) is 6. The molecule has 1 aliphatic rings. The number of H-pyrrole nitrogens is 1. The summed E-state index contributed by atoms with van der Waals surface area (Å²) in [6.45, 7) is 3.05. The molecule has 7 nitrogen and oxygen atoms in total.